The third-order valence-electron chi connectivity index (χ3n) is 5.65. The van der Waals surface area contributed by atoms with Crippen molar-refractivity contribution in [2.24, 2.45) is 0 Å². The van der Waals surface area contributed by atoms with Crippen LogP contribution in [0.5, 0.6) is 0 Å². The Morgan fingerprint density at radius 3 is 2.43 bits per heavy atom. The van der Waals surface area contributed by atoms with Crippen LogP contribution in [0.1, 0.15) is 44.9 Å². The molecule has 1 saturated heterocycles. The predicted octanol–water partition coefficient (Wildman–Crippen LogP) is 3.86. The normalized spacial score (nSPS) is 14.7. The van der Waals surface area contributed by atoms with E-state index in [0.29, 0.717) is 37.1 Å². The number of nitrogens with one attached hydrogen (secondary N) is 1. The Morgan fingerprint density at radius 2 is 1.80 bits per heavy atom. The molecule has 1 aromatic carbocycles. The van der Waals surface area contributed by atoms with Gasteiger partial charge in [-0.25, -0.2) is 4.39 Å². The number of carbonyl (C=O) groups is 2. The molecule has 1 fully saturated rings. The number of amides is 2. The number of carbonyl (C=O) groups excluding carboxylic acids is 2. The lowest BCUT2D eigenvalue weighted by molar-refractivity contribution is 0.0697. The summed E-state index contributed by atoms with van der Waals surface area (Å²) in [6.45, 7) is 4.98. The molecule has 2 amide bonds. The quantitative estimate of drug-likeness (QED) is 0.712. The molecule has 0 aliphatic carbocycles. The molecule has 1 aliphatic heterocycles. The van der Waals surface area contributed by atoms with Crippen LogP contribution in [0.15, 0.2) is 53.3 Å². The summed E-state index contributed by atoms with van der Waals surface area (Å²) in [5.74, 6) is -0.468. The average Bonchev–Trinajstić information content (AvgIpc) is 3.37. The molecule has 3 aromatic rings. The minimum absolute atomic E-state index is 0.0137. The second-order valence-electron chi connectivity index (χ2n) is 7.65. The maximum atomic E-state index is 13.3. The number of likely N-dealkylation sites (tertiary alicyclic amines) is 1. The molecule has 7 heteroatoms. The predicted molar refractivity (Wildman–Crippen MR) is 110 cm³/mol. The Kier molecular flexibility index (Phi) is 5.44. The van der Waals surface area contributed by atoms with E-state index in [2.05, 4.69) is 5.32 Å². The first kappa shape index (κ1) is 19.9. The number of furan rings is 1. The second-order valence-corrected chi connectivity index (χ2v) is 7.65. The summed E-state index contributed by atoms with van der Waals surface area (Å²) in [5, 5.41) is 3.10. The monoisotopic (exact) mass is 409 g/mol. The second kappa shape index (κ2) is 8.18. The number of nitrogens with zero attached hydrogens (tertiary/aromatic N) is 2. The van der Waals surface area contributed by atoms with Gasteiger partial charge in [-0.3, -0.25) is 9.59 Å². The summed E-state index contributed by atoms with van der Waals surface area (Å²) in [7, 11) is 0. The van der Waals surface area contributed by atoms with Gasteiger partial charge < -0.3 is 19.2 Å². The highest BCUT2D eigenvalue weighted by molar-refractivity contribution is 5.96. The molecular formula is C23H24FN3O3. The first-order valence-electron chi connectivity index (χ1n) is 10.0. The summed E-state index contributed by atoms with van der Waals surface area (Å²) in [6.07, 6.45) is 4.34. The van der Waals surface area contributed by atoms with Crippen LogP contribution in [-0.2, 0) is 0 Å². The van der Waals surface area contributed by atoms with Crippen molar-refractivity contribution >= 4 is 11.8 Å². The summed E-state index contributed by atoms with van der Waals surface area (Å²) >= 11 is 0. The van der Waals surface area contributed by atoms with Gasteiger partial charge in [0.15, 0.2) is 0 Å². The molecule has 2 aromatic heterocycles. The molecule has 0 unspecified atom stereocenters. The number of piperidine rings is 1. The van der Waals surface area contributed by atoms with Crippen molar-refractivity contribution in [3.05, 3.63) is 77.3 Å². The lowest BCUT2D eigenvalue weighted by atomic mass is 10.0. The van der Waals surface area contributed by atoms with Crippen LogP contribution >= 0.6 is 0 Å². The lowest BCUT2D eigenvalue weighted by Crippen LogP contribution is -2.46. The van der Waals surface area contributed by atoms with Crippen LogP contribution < -0.4 is 5.32 Å². The largest absolute Gasteiger partial charge is 0.472 e. The zero-order valence-corrected chi connectivity index (χ0v) is 17.0. The van der Waals surface area contributed by atoms with Gasteiger partial charge in [-0.1, -0.05) is 0 Å². The highest BCUT2D eigenvalue weighted by Crippen LogP contribution is 2.22. The molecule has 156 valence electrons. The van der Waals surface area contributed by atoms with E-state index in [1.165, 1.54) is 24.7 Å². The molecule has 3 heterocycles. The van der Waals surface area contributed by atoms with Crippen LogP contribution in [0.4, 0.5) is 4.39 Å². The van der Waals surface area contributed by atoms with Gasteiger partial charge in [0.2, 0.25) is 0 Å². The van der Waals surface area contributed by atoms with E-state index >= 15 is 0 Å². The van der Waals surface area contributed by atoms with Crippen LogP contribution in [-0.4, -0.2) is 40.4 Å². The van der Waals surface area contributed by atoms with Crippen molar-refractivity contribution in [3.8, 4) is 5.69 Å². The fraction of sp³-hybridized carbons (Fsp3) is 0.304. The van der Waals surface area contributed by atoms with Gasteiger partial charge in [0.1, 0.15) is 12.1 Å². The first-order valence-corrected chi connectivity index (χ1v) is 10.0. The third kappa shape index (κ3) is 3.87. The Balaban J connectivity index is 1.41. The van der Waals surface area contributed by atoms with Crippen molar-refractivity contribution < 1.29 is 18.4 Å². The van der Waals surface area contributed by atoms with Gasteiger partial charge in [0, 0.05) is 36.2 Å². The number of hydrogen-bond acceptors (Lipinski definition) is 3. The topological polar surface area (TPSA) is 67.5 Å². The summed E-state index contributed by atoms with van der Waals surface area (Å²) < 4.78 is 20.2. The molecule has 6 nitrogen and oxygen atoms in total. The van der Waals surface area contributed by atoms with Crippen molar-refractivity contribution in [1.29, 1.82) is 0 Å². The van der Waals surface area contributed by atoms with Crippen LogP contribution in [0.2, 0.25) is 0 Å². The highest BCUT2D eigenvalue weighted by atomic mass is 19.1. The van der Waals surface area contributed by atoms with E-state index in [1.54, 1.807) is 23.1 Å². The number of aryl methyl sites for hydroxylation is 1. The zero-order chi connectivity index (χ0) is 21.3. The van der Waals surface area contributed by atoms with Crippen molar-refractivity contribution in [3.63, 3.8) is 0 Å². The van der Waals surface area contributed by atoms with Gasteiger partial charge >= 0.3 is 0 Å². The highest BCUT2D eigenvalue weighted by Gasteiger charge is 2.26. The average molecular weight is 409 g/mol. The number of aromatic nitrogens is 1. The van der Waals surface area contributed by atoms with Crippen LogP contribution in [0.25, 0.3) is 5.69 Å². The standard InChI is InChI=1S/C23H24FN3O3/c1-15-13-21(16(2)27(15)20-5-3-18(24)4-6-20)22(28)25-19-7-10-26(11-8-19)23(29)17-9-12-30-14-17/h3-6,9,12-14,19H,7-8,10-11H2,1-2H3,(H,25,28). The lowest BCUT2D eigenvalue weighted by Gasteiger charge is -2.32. The third-order valence-corrected chi connectivity index (χ3v) is 5.65. The van der Waals surface area contributed by atoms with Crippen molar-refractivity contribution in [2.45, 2.75) is 32.7 Å². The SMILES string of the molecule is Cc1cc(C(=O)NC2CCN(C(=O)c3ccoc3)CC2)c(C)n1-c1ccc(F)cc1. The molecule has 0 atom stereocenters. The molecule has 0 radical (unpaired) electrons. The van der Waals surface area contributed by atoms with Crippen molar-refractivity contribution in [2.75, 3.05) is 13.1 Å². The molecule has 0 saturated carbocycles. The molecule has 4 rings (SSSR count). The minimum Gasteiger partial charge on any atom is -0.472 e. The minimum atomic E-state index is -0.295. The number of hydrogen-bond donors (Lipinski definition) is 1. The molecule has 30 heavy (non-hydrogen) atoms. The van der Waals surface area contributed by atoms with E-state index in [1.807, 2.05) is 24.5 Å². The zero-order valence-electron chi connectivity index (χ0n) is 17.0. The maximum absolute atomic E-state index is 13.3. The molecule has 0 bridgehead atoms. The van der Waals surface area contributed by atoms with Gasteiger partial charge in [0.25, 0.3) is 11.8 Å². The maximum Gasteiger partial charge on any atom is 0.257 e. The summed E-state index contributed by atoms with van der Waals surface area (Å²) in [4.78, 5) is 27.1. The summed E-state index contributed by atoms with van der Waals surface area (Å²) in [5.41, 5.74) is 3.69. The Morgan fingerprint density at radius 1 is 1.10 bits per heavy atom. The smallest absolute Gasteiger partial charge is 0.257 e. The van der Waals surface area contributed by atoms with Crippen LogP contribution in [0, 0.1) is 19.7 Å². The molecule has 1 N–H and O–H groups in total. The van der Waals surface area contributed by atoms with E-state index in [4.69, 9.17) is 4.42 Å². The van der Waals surface area contributed by atoms with Gasteiger partial charge in [0.05, 0.1) is 17.4 Å². The molecular weight excluding hydrogens is 385 g/mol. The molecule has 0 spiro atoms. The Hall–Kier alpha value is -3.35. The molecule has 1 aliphatic rings. The van der Waals surface area contributed by atoms with Crippen LogP contribution in [0.3, 0.4) is 0 Å². The Labute approximate surface area is 174 Å². The Bertz CT molecular complexity index is 1050. The number of benzene rings is 1. The van der Waals surface area contributed by atoms with E-state index in [9.17, 15) is 14.0 Å². The number of rotatable bonds is 4. The first-order chi connectivity index (χ1) is 14.4. The summed E-state index contributed by atoms with van der Waals surface area (Å²) in [6, 6.07) is 9.74. The fourth-order valence-corrected chi connectivity index (χ4v) is 4.04. The van der Waals surface area contributed by atoms with Crippen molar-refractivity contribution in [1.82, 2.24) is 14.8 Å². The van der Waals surface area contributed by atoms with E-state index < -0.39 is 0 Å². The van der Waals surface area contributed by atoms with Gasteiger partial charge in [-0.2, -0.15) is 0 Å². The van der Waals surface area contributed by atoms with E-state index in [-0.39, 0.29) is 23.7 Å². The van der Waals surface area contributed by atoms with E-state index in [0.717, 1.165) is 17.1 Å². The van der Waals surface area contributed by atoms with Gasteiger partial charge in [-0.05, 0) is 63.1 Å². The van der Waals surface area contributed by atoms with Gasteiger partial charge in [-0.15, -0.1) is 0 Å². The fourth-order valence-electron chi connectivity index (χ4n) is 4.04. The number of halogens is 1.